The van der Waals surface area contributed by atoms with E-state index >= 15 is 0 Å². The Morgan fingerprint density at radius 3 is 2.52 bits per heavy atom. The van der Waals surface area contributed by atoms with Gasteiger partial charge >= 0.3 is 0 Å². The van der Waals surface area contributed by atoms with Gasteiger partial charge in [0.25, 0.3) is 0 Å². The number of furan rings is 1. The summed E-state index contributed by atoms with van der Waals surface area (Å²) in [7, 11) is 0. The van der Waals surface area contributed by atoms with Gasteiger partial charge in [-0.25, -0.2) is 0 Å². The van der Waals surface area contributed by atoms with E-state index in [-0.39, 0.29) is 0 Å². The van der Waals surface area contributed by atoms with Crippen LogP contribution in [0.25, 0.3) is 0 Å². The van der Waals surface area contributed by atoms with Crippen LogP contribution in [0.5, 0.6) is 0 Å². The van der Waals surface area contributed by atoms with Gasteiger partial charge in [-0.2, -0.15) is 0 Å². The first-order valence-electron chi connectivity index (χ1n) is 12.4. The van der Waals surface area contributed by atoms with Crippen LogP contribution in [0.3, 0.4) is 0 Å². The summed E-state index contributed by atoms with van der Waals surface area (Å²) in [5.41, 5.74) is 2.84. The van der Waals surface area contributed by atoms with E-state index in [2.05, 4.69) is 33.8 Å². The predicted molar refractivity (Wildman–Crippen MR) is 120 cm³/mol. The SMILES string of the molecule is CC1(C)CCC[C@@]2(C)C1CC[C@@]1(C)C2CC[C@@H](CCCO)[C@@H]1CCc1ccoc1. The molecule has 0 aromatic carbocycles. The van der Waals surface area contributed by atoms with Crippen LogP contribution in [-0.2, 0) is 6.42 Å². The van der Waals surface area contributed by atoms with Crippen molar-refractivity contribution in [1.29, 1.82) is 0 Å². The molecule has 1 N–H and O–H groups in total. The summed E-state index contributed by atoms with van der Waals surface area (Å²) < 4.78 is 5.35. The highest BCUT2D eigenvalue weighted by Gasteiger charge is 2.61. The van der Waals surface area contributed by atoms with Gasteiger partial charge in [0.05, 0.1) is 12.5 Å². The van der Waals surface area contributed by atoms with E-state index in [4.69, 9.17) is 4.42 Å². The Hall–Kier alpha value is -0.760. The van der Waals surface area contributed by atoms with E-state index < -0.39 is 0 Å². The Morgan fingerprint density at radius 1 is 0.966 bits per heavy atom. The Morgan fingerprint density at radius 2 is 1.79 bits per heavy atom. The molecule has 0 aliphatic heterocycles. The summed E-state index contributed by atoms with van der Waals surface area (Å²) in [4.78, 5) is 0. The summed E-state index contributed by atoms with van der Waals surface area (Å²) in [5, 5.41) is 9.50. The predicted octanol–water partition coefficient (Wildman–Crippen LogP) is 7.26. The van der Waals surface area contributed by atoms with Crippen LogP contribution in [-0.4, -0.2) is 11.7 Å². The van der Waals surface area contributed by atoms with Crippen LogP contribution in [0.4, 0.5) is 0 Å². The van der Waals surface area contributed by atoms with Crippen molar-refractivity contribution in [3.05, 3.63) is 24.2 Å². The second-order valence-corrected chi connectivity index (χ2v) is 12.0. The van der Waals surface area contributed by atoms with Crippen molar-refractivity contribution < 1.29 is 9.52 Å². The minimum atomic E-state index is 0.346. The average Bonchev–Trinajstić information content (AvgIpc) is 3.17. The fourth-order valence-electron chi connectivity index (χ4n) is 8.93. The van der Waals surface area contributed by atoms with E-state index in [0.29, 0.717) is 22.9 Å². The molecule has 2 nitrogen and oxygen atoms in total. The molecular formula is C27H44O2. The van der Waals surface area contributed by atoms with Gasteiger partial charge in [-0.15, -0.1) is 0 Å². The Kier molecular flexibility index (Phi) is 5.97. The number of hydrogen-bond donors (Lipinski definition) is 1. The number of aryl methyl sites for hydroxylation is 1. The van der Waals surface area contributed by atoms with Crippen molar-refractivity contribution in [1.82, 2.24) is 0 Å². The van der Waals surface area contributed by atoms with Crippen molar-refractivity contribution in [2.75, 3.05) is 6.61 Å². The zero-order valence-electron chi connectivity index (χ0n) is 19.4. The third kappa shape index (κ3) is 3.73. The Balaban J connectivity index is 1.61. The molecule has 0 bridgehead atoms. The minimum absolute atomic E-state index is 0.346. The molecule has 1 aromatic rings. The van der Waals surface area contributed by atoms with Crippen LogP contribution in [0.2, 0.25) is 0 Å². The van der Waals surface area contributed by atoms with Gasteiger partial charge in [0.2, 0.25) is 0 Å². The maximum Gasteiger partial charge on any atom is 0.0934 e. The highest BCUT2D eigenvalue weighted by atomic mass is 16.3. The smallest absolute Gasteiger partial charge is 0.0934 e. The number of fused-ring (bicyclic) bond motifs is 3. The van der Waals surface area contributed by atoms with Crippen LogP contribution in [0.1, 0.15) is 97.5 Å². The van der Waals surface area contributed by atoms with Gasteiger partial charge in [-0.05, 0) is 116 Å². The second-order valence-electron chi connectivity index (χ2n) is 12.0. The monoisotopic (exact) mass is 400 g/mol. The molecule has 164 valence electrons. The lowest BCUT2D eigenvalue weighted by Gasteiger charge is -2.67. The molecule has 3 aliphatic carbocycles. The largest absolute Gasteiger partial charge is 0.472 e. The Bertz CT molecular complexity index is 662. The molecule has 3 saturated carbocycles. The maximum absolute atomic E-state index is 9.50. The zero-order valence-corrected chi connectivity index (χ0v) is 19.4. The summed E-state index contributed by atoms with van der Waals surface area (Å²) in [6, 6.07) is 2.15. The second kappa shape index (κ2) is 8.06. The first-order valence-corrected chi connectivity index (χ1v) is 12.4. The van der Waals surface area contributed by atoms with Crippen molar-refractivity contribution in [3.63, 3.8) is 0 Å². The summed E-state index contributed by atoms with van der Waals surface area (Å²) in [6.07, 6.45) is 18.3. The fourth-order valence-corrected chi connectivity index (χ4v) is 8.93. The Labute approximate surface area is 178 Å². The number of aliphatic hydroxyl groups is 1. The lowest BCUT2D eigenvalue weighted by molar-refractivity contribution is -0.176. The first kappa shape index (κ1) is 21.5. The van der Waals surface area contributed by atoms with Gasteiger partial charge < -0.3 is 9.52 Å². The minimum Gasteiger partial charge on any atom is -0.472 e. The van der Waals surface area contributed by atoms with Crippen LogP contribution in [0.15, 0.2) is 23.0 Å². The molecule has 3 aliphatic rings. The number of rotatable bonds is 6. The van der Waals surface area contributed by atoms with Crippen molar-refractivity contribution in [2.24, 2.45) is 39.9 Å². The summed E-state index contributed by atoms with van der Waals surface area (Å²) >= 11 is 0. The van der Waals surface area contributed by atoms with Gasteiger partial charge in [0, 0.05) is 6.61 Å². The molecule has 0 radical (unpaired) electrons. The van der Waals surface area contributed by atoms with Crippen molar-refractivity contribution >= 4 is 0 Å². The molecule has 0 amide bonds. The molecule has 29 heavy (non-hydrogen) atoms. The molecule has 4 rings (SSSR count). The van der Waals surface area contributed by atoms with Crippen molar-refractivity contribution in [2.45, 2.75) is 98.3 Å². The topological polar surface area (TPSA) is 33.4 Å². The average molecular weight is 401 g/mol. The zero-order chi connectivity index (χ0) is 20.7. The van der Waals surface area contributed by atoms with E-state index in [1.807, 2.05) is 12.5 Å². The maximum atomic E-state index is 9.50. The highest BCUT2D eigenvalue weighted by Crippen LogP contribution is 2.69. The molecule has 0 saturated heterocycles. The standard InChI is InChI=1S/C27H44O2/c1-25(2)14-6-15-27(4)23(25)12-16-26(3)22(10-8-20-13-18-29-19-20)21(7-5-17-28)9-11-24(26)27/h13,18-19,21-24,28H,5-12,14-17H2,1-4H3/t21-,22+,23?,24?,26-,27+/m1/s1. The molecule has 1 aromatic heterocycles. The summed E-state index contributed by atoms with van der Waals surface area (Å²) in [5.74, 6) is 3.33. The van der Waals surface area contributed by atoms with E-state index in [1.165, 1.54) is 63.4 Å². The highest BCUT2D eigenvalue weighted by molar-refractivity contribution is 5.12. The molecule has 6 atom stereocenters. The number of aliphatic hydroxyl groups excluding tert-OH is 1. The van der Waals surface area contributed by atoms with Gasteiger partial charge in [-0.3, -0.25) is 0 Å². The van der Waals surface area contributed by atoms with Gasteiger partial charge in [-0.1, -0.05) is 34.1 Å². The molecule has 2 heteroatoms. The van der Waals surface area contributed by atoms with Crippen molar-refractivity contribution in [3.8, 4) is 0 Å². The first-order chi connectivity index (χ1) is 13.8. The van der Waals surface area contributed by atoms with E-state index in [1.54, 1.807) is 0 Å². The molecule has 1 heterocycles. The van der Waals surface area contributed by atoms with Crippen LogP contribution >= 0.6 is 0 Å². The van der Waals surface area contributed by atoms with Gasteiger partial charge in [0.15, 0.2) is 0 Å². The molecular weight excluding hydrogens is 356 g/mol. The third-order valence-electron chi connectivity index (χ3n) is 10.1. The third-order valence-corrected chi connectivity index (χ3v) is 10.1. The molecule has 2 unspecified atom stereocenters. The lowest BCUT2D eigenvalue weighted by atomic mass is 9.38. The number of hydrogen-bond acceptors (Lipinski definition) is 2. The van der Waals surface area contributed by atoms with Crippen LogP contribution < -0.4 is 0 Å². The van der Waals surface area contributed by atoms with Crippen LogP contribution in [0, 0.1) is 39.9 Å². The normalized spacial score (nSPS) is 41.6. The fraction of sp³-hybridized carbons (Fsp3) is 0.852. The molecule has 0 spiro atoms. The summed E-state index contributed by atoms with van der Waals surface area (Å²) in [6.45, 7) is 10.8. The van der Waals surface area contributed by atoms with Gasteiger partial charge in [0.1, 0.15) is 0 Å². The van der Waals surface area contributed by atoms with E-state index in [9.17, 15) is 5.11 Å². The quantitative estimate of drug-likeness (QED) is 0.545. The van der Waals surface area contributed by atoms with E-state index in [0.717, 1.165) is 36.5 Å². The lowest BCUT2D eigenvalue weighted by Crippen LogP contribution is -2.59. The molecule has 3 fully saturated rings.